The number of benzene rings is 1. The Morgan fingerprint density at radius 2 is 2.20 bits per heavy atom. The van der Waals surface area contributed by atoms with Crippen LogP contribution in [0.3, 0.4) is 0 Å². The van der Waals surface area contributed by atoms with Crippen molar-refractivity contribution in [3.8, 4) is 0 Å². The molecule has 2 amide bonds. The number of rotatable bonds is 8. The molecule has 6 nitrogen and oxygen atoms in total. The maximum atomic E-state index is 12.0. The molecule has 1 aromatic heterocycles. The van der Waals surface area contributed by atoms with Crippen LogP contribution in [0.5, 0.6) is 0 Å². The fourth-order valence-electron chi connectivity index (χ4n) is 2.80. The molecule has 0 spiro atoms. The van der Waals surface area contributed by atoms with Gasteiger partial charge in [-0.2, -0.15) is 0 Å². The third-order valence-electron chi connectivity index (χ3n) is 4.05. The quantitative estimate of drug-likeness (QED) is 0.766. The summed E-state index contributed by atoms with van der Waals surface area (Å²) in [6, 6.07) is 11.1. The van der Waals surface area contributed by atoms with Gasteiger partial charge < -0.3 is 24.5 Å². The van der Waals surface area contributed by atoms with Gasteiger partial charge in [-0.15, -0.1) is 0 Å². The van der Waals surface area contributed by atoms with Crippen LogP contribution in [-0.4, -0.2) is 25.3 Å². The molecule has 6 heteroatoms. The summed E-state index contributed by atoms with van der Waals surface area (Å²) in [5.41, 5.74) is 1.73. The first-order valence-electron chi connectivity index (χ1n) is 8.65. The first-order valence-corrected chi connectivity index (χ1v) is 8.65. The van der Waals surface area contributed by atoms with E-state index < -0.39 is 0 Å². The van der Waals surface area contributed by atoms with Crippen molar-refractivity contribution in [1.82, 2.24) is 5.32 Å². The van der Waals surface area contributed by atoms with E-state index in [2.05, 4.69) is 10.6 Å². The largest absolute Gasteiger partial charge is 0.467 e. The van der Waals surface area contributed by atoms with Gasteiger partial charge in [0.2, 0.25) is 0 Å². The van der Waals surface area contributed by atoms with Crippen LogP contribution in [0.2, 0.25) is 0 Å². The van der Waals surface area contributed by atoms with Crippen molar-refractivity contribution >= 4 is 11.7 Å². The second-order valence-electron chi connectivity index (χ2n) is 6.08. The van der Waals surface area contributed by atoms with E-state index in [1.807, 2.05) is 36.4 Å². The maximum Gasteiger partial charge on any atom is 0.319 e. The van der Waals surface area contributed by atoms with E-state index in [4.69, 9.17) is 13.9 Å². The number of furan rings is 1. The number of carbonyl (C=O) groups is 1. The molecule has 1 atom stereocenters. The summed E-state index contributed by atoms with van der Waals surface area (Å²) in [6.45, 7) is 2.33. The smallest absolute Gasteiger partial charge is 0.319 e. The summed E-state index contributed by atoms with van der Waals surface area (Å²) in [4.78, 5) is 12.0. The van der Waals surface area contributed by atoms with Crippen LogP contribution in [-0.2, 0) is 22.7 Å². The molecular weight excluding hydrogens is 320 g/mol. The molecule has 2 aromatic rings. The van der Waals surface area contributed by atoms with Gasteiger partial charge in [0.25, 0.3) is 0 Å². The van der Waals surface area contributed by atoms with E-state index in [9.17, 15) is 4.79 Å². The predicted octanol–water partition coefficient (Wildman–Crippen LogP) is 3.69. The minimum Gasteiger partial charge on any atom is -0.467 e. The fourth-order valence-corrected chi connectivity index (χ4v) is 2.80. The minimum atomic E-state index is -0.202. The van der Waals surface area contributed by atoms with E-state index in [1.165, 1.54) is 0 Å². The molecule has 25 heavy (non-hydrogen) atoms. The zero-order chi connectivity index (χ0) is 17.3. The van der Waals surface area contributed by atoms with Crippen LogP contribution in [0.15, 0.2) is 47.1 Å². The van der Waals surface area contributed by atoms with E-state index in [0.29, 0.717) is 19.8 Å². The molecule has 1 aromatic carbocycles. The second kappa shape index (κ2) is 9.25. The highest BCUT2D eigenvalue weighted by atomic mass is 16.5. The Balaban J connectivity index is 1.38. The van der Waals surface area contributed by atoms with Crippen molar-refractivity contribution in [3.05, 3.63) is 54.0 Å². The lowest BCUT2D eigenvalue weighted by molar-refractivity contribution is 0.0930. The monoisotopic (exact) mass is 344 g/mol. The first kappa shape index (κ1) is 17.5. The molecule has 3 rings (SSSR count). The van der Waals surface area contributed by atoms with Crippen molar-refractivity contribution in [1.29, 1.82) is 0 Å². The summed E-state index contributed by atoms with van der Waals surface area (Å²) < 4.78 is 16.4. The summed E-state index contributed by atoms with van der Waals surface area (Å²) >= 11 is 0. The summed E-state index contributed by atoms with van der Waals surface area (Å²) in [5, 5.41) is 5.71. The van der Waals surface area contributed by atoms with Gasteiger partial charge in [-0.25, -0.2) is 4.79 Å². The Labute approximate surface area is 147 Å². The predicted molar refractivity (Wildman–Crippen MR) is 94.3 cm³/mol. The summed E-state index contributed by atoms with van der Waals surface area (Å²) in [5.74, 6) is 0.792. The molecule has 1 fully saturated rings. The lowest BCUT2D eigenvalue weighted by Crippen LogP contribution is -2.31. The van der Waals surface area contributed by atoms with Crippen LogP contribution in [0.4, 0.5) is 10.5 Å². The number of hydrogen-bond donors (Lipinski definition) is 2. The van der Waals surface area contributed by atoms with E-state index in [-0.39, 0.29) is 12.1 Å². The molecular formula is C19H24N2O4. The second-order valence-corrected chi connectivity index (χ2v) is 6.08. The maximum absolute atomic E-state index is 12.0. The Morgan fingerprint density at radius 3 is 3.00 bits per heavy atom. The van der Waals surface area contributed by atoms with Crippen molar-refractivity contribution in [2.45, 2.75) is 38.6 Å². The van der Waals surface area contributed by atoms with Gasteiger partial charge >= 0.3 is 6.03 Å². The van der Waals surface area contributed by atoms with Gasteiger partial charge in [0.15, 0.2) is 0 Å². The average molecular weight is 344 g/mol. The molecule has 2 heterocycles. The molecule has 1 aliphatic heterocycles. The lowest BCUT2D eigenvalue weighted by atomic mass is 10.2. The van der Waals surface area contributed by atoms with Crippen molar-refractivity contribution in [3.63, 3.8) is 0 Å². The average Bonchev–Trinajstić information content (AvgIpc) is 3.29. The molecule has 2 N–H and O–H groups in total. The highest BCUT2D eigenvalue weighted by Crippen LogP contribution is 2.15. The third kappa shape index (κ3) is 5.92. The molecule has 0 saturated carbocycles. The number of urea groups is 1. The highest BCUT2D eigenvalue weighted by molar-refractivity contribution is 5.89. The van der Waals surface area contributed by atoms with Gasteiger partial charge in [-0.1, -0.05) is 12.1 Å². The van der Waals surface area contributed by atoms with Gasteiger partial charge in [-0.05, 0) is 49.1 Å². The molecule has 0 radical (unpaired) electrons. The normalized spacial score (nSPS) is 16.7. The van der Waals surface area contributed by atoms with E-state index in [1.54, 1.807) is 6.26 Å². The molecule has 0 unspecified atom stereocenters. The van der Waals surface area contributed by atoms with E-state index in [0.717, 1.165) is 42.9 Å². The van der Waals surface area contributed by atoms with Crippen LogP contribution in [0.1, 0.15) is 30.6 Å². The Hall–Kier alpha value is -2.31. The molecule has 0 bridgehead atoms. The molecule has 1 saturated heterocycles. The van der Waals surface area contributed by atoms with Crippen LogP contribution >= 0.6 is 0 Å². The number of nitrogens with one attached hydrogen (secondary N) is 2. The van der Waals surface area contributed by atoms with Gasteiger partial charge in [0, 0.05) is 18.8 Å². The van der Waals surface area contributed by atoms with Crippen LogP contribution in [0.25, 0.3) is 0 Å². The van der Waals surface area contributed by atoms with Gasteiger partial charge in [0.1, 0.15) is 12.4 Å². The first-order chi connectivity index (χ1) is 12.3. The summed E-state index contributed by atoms with van der Waals surface area (Å²) in [6.07, 6.45) is 4.97. The van der Waals surface area contributed by atoms with Crippen molar-refractivity contribution in [2.24, 2.45) is 0 Å². The Bertz CT molecular complexity index is 651. The number of ether oxygens (including phenoxy) is 2. The Morgan fingerprint density at radius 1 is 1.24 bits per heavy atom. The number of carbonyl (C=O) groups excluding carboxylic acids is 1. The highest BCUT2D eigenvalue weighted by Gasteiger charge is 2.15. The van der Waals surface area contributed by atoms with E-state index >= 15 is 0 Å². The summed E-state index contributed by atoms with van der Waals surface area (Å²) in [7, 11) is 0. The van der Waals surface area contributed by atoms with Gasteiger partial charge in [-0.3, -0.25) is 0 Å². The standard InChI is InChI=1S/C19H24N2O4/c22-19(20-9-8-17-6-2-10-24-17)21-16-5-1-4-15(12-16)13-23-14-18-7-3-11-25-18/h1,3-5,7,11-12,17H,2,6,8-10,13-14H2,(H2,20,21,22)/t17-/m1/s1. The minimum absolute atomic E-state index is 0.202. The van der Waals surface area contributed by atoms with Crippen LogP contribution in [0, 0.1) is 0 Å². The fraction of sp³-hybridized carbons (Fsp3) is 0.421. The van der Waals surface area contributed by atoms with Gasteiger partial charge in [0.05, 0.1) is 19.0 Å². The van der Waals surface area contributed by atoms with Crippen LogP contribution < -0.4 is 10.6 Å². The number of hydrogen-bond acceptors (Lipinski definition) is 4. The lowest BCUT2D eigenvalue weighted by Gasteiger charge is -2.11. The van der Waals surface area contributed by atoms with Crippen molar-refractivity contribution in [2.75, 3.05) is 18.5 Å². The molecule has 0 aliphatic carbocycles. The topological polar surface area (TPSA) is 72.7 Å². The molecule has 1 aliphatic rings. The third-order valence-corrected chi connectivity index (χ3v) is 4.05. The Kier molecular flexibility index (Phi) is 6.48. The van der Waals surface area contributed by atoms with Crippen molar-refractivity contribution < 1.29 is 18.7 Å². The SMILES string of the molecule is O=C(NCC[C@H]1CCCO1)Nc1cccc(COCc2ccco2)c1. The zero-order valence-corrected chi connectivity index (χ0v) is 14.2. The zero-order valence-electron chi connectivity index (χ0n) is 14.2. The number of anilines is 1. The number of amides is 2. The molecule has 134 valence electrons.